The molecule has 0 spiro atoms. The molecule has 2 N–H and O–H groups in total. The van der Waals surface area contributed by atoms with Gasteiger partial charge in [0.05, 0.1) is 27.6 Å². The Bertz CT molecular complexity index is 956. The Morgan fingerprint density at radius 1 is 1.11 bits per heavy atom. The Morgan fingerprint density at radius 2 is 1.81 bits per heavy atom. The van der Waals surface area contributed by atoms with Crippen LogP contribution < -0.4 is 10.6 Å². The lowest BCUT2D eigenvalue weighted by Crippen LogP contribution is -2.13. The van der Waals surface area contributed by atoms with E-state index in [0.29, 0.717) is 20.9 Å². The van der Waals surface area contributed by atoms with E-state index in [0.717, 1.165) is 29.7 Å². The quantitative estimate of drug-likeness (QED) is 0.541. The molecule has 0 atom stereocenters. The molecule has 0 unspecified atom stereocenters. The predicted molar refractivity (Wildman–Crippen MR) is 99.1 cm³/mol. The number of carbonyl (C=O) groups excluding carboxylic acids is 1. The number of anilines is 3. The van der Waals surface area contributed by atoms with Crippen LogP contribution in [0, 0.1) is 0 Å². The van der Waals surface area contributed by atoms with Gasteiger partial charge < -0.3 is 10.6 Å². The highest BCUT2D eigenvalue weighted by atomic mass is 35.5. The molecule has 2 aromatic heterocycles. The van der Waals surface area contributed by atoms with Crippen molar-refractivity contribution in [3.05, 3.63) is 63.3 Å². The summed E-state index contributed by atoms with van der Waals surface area (Å²) in [5.41, 5.74) is -0.401. The molecule has 0 fully saturated rings. The van der Waals surface area contributed by atoms with Crippen LogP contribution in [0.25, 0.3) is 0 Å². The summed E-state index contributed by atoms with van der Waals surface area (Å²) < 4.78 is 37.5. The van der Waals surface area contributed by atoms with Gasteiger partial charge in [-0.1, -0.05) is 29.3 Å². The number of aromatic nitrogens is 2. The van der Waals surface area contributed by atoms with Gasteiger partial charge in [-0.3, -0.25) is 4.79 Å². The summed E-state index contributed by atoms with van der Waals surface area (Å²) >= 11 is 13.3. The van der Waals surface area contributed by atoms with Gasteiger partial charge in [0.25, 0.3) is 5.91 Å². The molecule has 3 rings (SSSR count). The van der Waals surface area contributed by atoms with Crippen molar-refractivity contribution in [3.63, 3.8) is 0 Å². The van der Waals surface area contributed by atoms with Crippen LogP contribution in [-0.2, 0) is 6.18 Å². The molecule has 3 aromatic rings. The van der Waals surface area contributed by atoms with E-state index >= 15 is 0 Å². The molecule has 27 heavy (non-hydrogen) atoms. The van der Waals surface area contributed by atoms with Gasteiger partial charge in [-0.15, -0.1) is 11.3 Å². The van der Waals surface area contributed by atoms with Gasteiger partial charge in [-0.25, -0.2) is 9.97 Å². The Balaban J connectivity index is 1.70. The van der Waals surface area contributed by atoms with Gasteiger partial charge >= 0.3 is 6.18 Å². The summed E-state index contributed by atoms with van der Waals surface area (Å²) in [5.74, 6) is -0.592. The fourth-order valence-corrected chi connectivity index (χ4v) is 3.18. The Labute approximate surface area is 165 Å². The van der Waals surface area contributed by atoms with Crippen molar-refractivity contribution in [1.29, 1.82) is 0 Å². The molecule has 0 bridgehead atoms. The molecule has 0 radical (unpaired) electrons. The van der Waals surface area contributed by atoms with Crippen LogP contribution in [0.2, 0.25) is 10.0 Å². The van der Waals surface area contributed by atoms with E-state index in [1.165, 1.54) is 5.38 Å². The van der Waals surface area contributed by atoms with Crippen LogP contribution in [0.5, 0.6) is 0 Å². The molecule has 11 heteroatoms. The minimum absolute atomic E-state index is 0.0746. The normalized spacial score (nSPS) is 11.3. The number of halogens is 5. The summed E-state index contributed by atoms with van der Waals surface area (Å²) in [6.45, 7) is 0. The second-order valence-electron chi connectivity index (χ2n) is 5.14. The molecular formula is C16H9Cl2F3N4OS. The maximum absolute atomic E-state index is 12.5. The first-order valence-electron chi connectivity index (χ1n) is 7.25. The van der Waals surface area contributed by atoms with Gasteiger partial charge in [0, 0.05) is 5.38 Å². The van der Waals surface area contributed by atoms with Gasteiger partial charge in [-0.2, -0.15) is 13.2 Å². The third-order valence-corrected chi connectivity index (χ3v) is 4.63. The third kappa shape index (κ3) is 4.68. The SMILES string of the molecule is O=C(Nc1ccc(C(F)(F)F)nc1)c1csc(Nc2c(Cl)cccc2Cl)n1. The number of hydrogen-bond donors (Lipinski definition) is 2. The standard InChI is InChI=1S/C16H9Cl2F3N4OS/c17-9-2-1-3-10(18)13(9)25-15-24-11(7-27-15)14(26)23-8-4-5-12(22-6-8)16(19,20)21/h1-7H,(H,23,26)(H,24,25). The Morgan fingerprint density at radius 3 is 2.41 bits per heavy atom. The number of alkyl halides is 3. The molecule has 2 heterocycles. The molecule has 1 amide bonds. The summed E-state index contributed by atoms with van der Waals surface area (Å²) in [6, 6.07) is 6.88. The van der Waals surface area contributed by atoms with E-state index < -0.39 is 17.8 Å². The highest BCUT2D eigenvalue weighted by molar-refractivity contribution is 7.14. The number of amides is 1. The molecule has 0 aliphatic heterocycles. The van der Waals surface area contributed by atoms with E-state index in [9.17, 15) is 18.0 Å². The Hall–Kier alpha value is -2.36. The van der Waals surface area contributed by atoms with Crippen LogP contribution in [0.4, 0.5) is 29.7 Å². The first-order valence-corrected chi connectivity index (χ1v) is 8.89. The average molecular weight is 433 g/mol. The molecule has 0 aliphatic rings. The fraction of sp³-hybridized carbons (Fsp3) is 0.0625. The van der Waals surface area contributed by atoms with Crippen molar-refractivity contribution in [1.82, 2.24) is 9.97 Å². The van der Waals surface area contributed by atoms with Crippen LogP contribution in [0.3, 0.4) is 0 Å². The van der Waals surface area contributed by atoms with Crippen LogP contribution >= 0.6 is 34.5 Å². The maximum Gasteiger partial charge on any atom is 0.433 e. The second kappa shape index (κ2) is 7.71. The lowest BCUT2D eigenvalue weighted by molar-refractivity contribution is -0.141. The predicted octanol–water partition coefficient (Wildman–Crippen LogP) is 5.86. The van der Waals surface area contributed by atoms with Gasteiger partial charge in [0.2, 0.25) is 0 Å². The summed E-state index contributed by atoms with van der Waals surface area (Å²) in [4.78, 5) is 19.6. The van der Waals surface area contributed by atoms with E-state index in [1.54, 1.807) is 18.2 Å². The molecule has 1 aromatic carbocycles. The van der Waals surface area contributed by atoms with Crippen molar-refractivity contribution >= 4 is 57.0 Å². The monoisotopic (exact) mass is 432 g/mol. The van der Waals surface area contributed by atoms with Crippen molar-refractivity contribution in [2.45, 2.75) is 6.18 Å². The first-order chi connectivity index (χ1) is 12.7. The summed E-state index contributed by atoms with van der Waals surface area (Å²) in [6.07, 6.45) is -3.62. The smallest absolute Gasteiger partial charge is 0.329 e. The van der Waals surface area contributed by atoms with Crippen molar-refractivity contribution in [2.24, 2.45) is 0 Å². The van der Waals surface area contributed by atoms with Crippen LogP contribution in [0.1, 0.15) is 16.2 Å². The number of thiazole rings is 1. The van der Waals surface area contributed by atoms with Gasteiger partial charge in [-0.05, 0) is 24.3 Å². The maximum atomic E-state index is 12.5. The fourth-order valence-electron chi connectivity index (χ4n) is 1.99. The number of pyridine rings is 1. The van der Waals surface area contributed by atoms with Crippen molar-refractivity contribution in [3.8, 4) is 0 Å². The van der Waals surface area contributed by atoms with Crippen LogP contribution in [-0.4, -0.2) is 15.9 Å². The van der Waals surface area contributed by atoms with E-state index in [2.05, 4.69) is 20.6 Å². The number of nitrogens with one attached hydrogen (secondary N) is 2. The van der Waals surface area contributed by atoms with Crippen molar-refractivity contribution in [2.75, 3.05) is 10.6 Å². The highest BCUT2D eigenvalue weighted by Gasteiger charge is 2.32. The van der Waals surface area contributed by atoms with E-state index in [-0.39, 0.29) is 11.4 Å². The highest BCUT2D eigenvalue weighted by Crippen LogP contribution is 2.33. The summed E-state index contributed by atoms with van der Waals surface area (Å²) in [7, 11) is 0. The molecule has 0 aliphatic carbocycles. The van der Waals surface area contributed by atoms with Gasteiger partial charge in [0.1, 0.15) is 11.4 Å². The second-order valence-corrected chi connectivity index (χ2v) is 6.82. The van der Waals surface area contributed by atoms with Crippen molar-refractivity contribution < 1.29 is 18.0 Å². The molecule has 5 nitrogen and oxygen atoms in total. The zero-order chi connectivity index (χ0) is 19.6. The number of carbonyl (C=O) groups is 1. The number of nitrogens with zero attached hydrogens (tertiary/aromatic N) is 2. The molecular weight excluding hydrogens is 424 g/mol. The minimum Gasteiger partial charge on any atom is -0.329 e. The van der Waals surface area contributed by atoms with Gasteiger partial charge in [0.15, 0.2) is 5.13 Å². The molecule has 140 valence electrons. The zero-order valence-corrected chi connectivity index (χ0v) is 15.5. The Kier molecular flexibility index (Phi) is 5.54. The average Bonchev–Trinajstić information content (AvgIpc) is 3.07. The zero-order valence-electron chi connectivity index (χ0n) is 13.1. The number of rotatable bonds is 4. The van der Waals surface area contributed by atoms with E-state index in [1.807, 2.05) is 0 Å². The molecule has 0 saturated carbocycles. The number of para-hydroxylation sites is 1. The first kappa shape index (κ1) is 19.4. The largest absolute Gasteiger partial charge is 0.433 e. The number of hydrogen-bond acceptors (Lipinski definition) is 5. The molecule has 0 saturated heterocycles. The number of benzene rings is 1. The summed E-state index contributed by atoms with van der Waals surface area (Å²) in [5, 5.41) is 8.00. The topological polar surface area (TPSA) is 66.9 Å². The minimum atomic E-state index is -4.54. The van der Waals surface area contributed by atoms with E-state index in [4.69, 9.17) is 23.2 Å². The third-order valence-electron chi connectivity index (χ3n) is 3.24. The lowest BCUT2D eigenvalue weighted by Gasteiger charge is -2.07. The lowest BCUT2D eigenvalue weighted by atomic mass is 10.3. The van der Waals surface area contributed by atoms with Crippen LogP contribution in [0.15, 0.2) is 41.9 Å².